The van der Waals surface area contributed by atoms with Crippen molar-refractivity contribution in [1.29, 1.82) is 0 Å². The molecule has 7 nitrogen and oxygen atoms in total. The number of likely N-dealkylation sites (tertiary alicyclic amines) is 1. The predicted octanol–water partition coefficient (Wildman–Crippen LogP) is 4.26. The van der Waals surface area contributed by atoms with E-state index in [0.29, 0.717) is 31.1 Å². The molecule has 3 aromatic rings. The first-order chi connectivity index (χ1) is 15.1. The highest BCUT2D eigenvalue weighted by Crippen LogP contribution is 2.39. The zero-order chi connectivity index (χ0) is 21.4. The summed E-state index contributed by atoms with van der Waals surface area (Å²) in [6.07, 6.45) is 2.64. The molecule has 2 aliphatic heterocycles. The second-order valence-electron chi connectivity index (χ2n) is 8.01. The van der Waals surface area contributed by atoms with Crippen LogP contribution in [0.1, 0.15) is 48.3 Å². The fourth-order valence-electron chi connectivity index (χ4n) is 4.50. The summed E-state index contributed by atoms with van der Waals surface area (Å²) in [4.78, 5) is 30.6. The molecule has 2 N–H and O–H groups in total. The van der Waals surface area contributed by atoms with Crippen LogP contribution in [-0.2, 0) is 4.79 Å². The number of fused-ring (bicyclic) bond motifs is 2. The second kappa shape index (κ2) is 7.98. The minimum Gasteiger partial charge on any atom is -0.490 e. The smallest absolute Gasteiger partial charge is 0.272 e. The van der Waals surface area contributed by atoms with E-state index in [1.165, 1.54) is 6.92 Å². The van der Waals surface area contributed by atoms with Crippen LogP contribution in [0.4, 0.5) is 5.69 Å². The zero-order valence-electron chi connectivity index (χ0n) is 17.4. The topological polar surface area (TPSA) is 83.7 Å². The number of carbonyl (C=O) groups excluding carboxylic acids is 2. The van der Waals surface area contributed by atoms with Crippen LogP contribution in [0.5, 0.6) is 11.5 Å². The molecule has 5 rings (SSSR count). The van der Waals surface area contributed by atoms with E-state index >= 15 is 0 Å². The highest BCUT2D eigenvalue weighted by atomic mass is 16.5. The van der Waals surface area contributed by atoms with Gasteiger partial charge in [-0.2, -0.15) is 0 Å². The van der Waals surface area contributed by atoms with Gasteiger partial charge in [-0.25, -0.2) is 0 Å². The fraction of sp³-hybridized carbons (Fsp3) is 0.333. The Morgan fingerprint density at radius 3 is 2.71 bits per heavy atom. The quantitative estimate of drug-likeness (QED) is 0.664. The van der Waals surface area contributed by atoms with E-state index in [0.717, 1.165) is 47.2 Å². The van der Waals surface area contributed by atoms with Crippen LogP contribution in [0.25, 0.3) is 10.9 Å². The maximum absolute atomic E-state index is 13.6. The van der Waals surface area contributed by atoms with Gasteiger partial charge in [0.2, 0.25) is 5.91 Å². The zero-order valence-corrected chi connectivity index (χ0v) is 17.4. The van der Waals surface area contributed by atoms with Crippen molar-refractivity contribution in [2.45, 2.75) is 32.2 Å². The van der Waals surface area contributed by atoms with Gasteiger partial charge in [-0.1, -0.05) is 24.3 Å². The van der Waals surface area contributed by atoms with Crippen LogP contribution in [0.2, 0.25) is 0 Å². The van der Waals surface area contributed by atoms with Crippen LogP contribution < -0.4 is 14.8 Å². The Kier molecular flexibility index (Phi) is 5.02. The van der Waals surface area contributed by atoms with Crippen molar-refractivity contribution in [2.24, 2.45) is 0 Å². The largest absolute Gasteiger partial charge is 0.490 e. The molecule has 1 fully saturated rings. The summed E-state index contributed by atoms with van der Waals surface area (Å²) in [5.41, 5.74) is 2.81. The number of anilines is 1. The minimum absolute atomic E-state index is 0.0544. The van der Waals surface area contributed by atoms with E-state index in [-0.39, 0.29) is 17.9 Å². The number of rotatable bonds is 3. The number of carbonyl (C=O) groups is 2. The van der Waals surface area contributed by atoms with Gasteiger partial charge < -0.3 is 24.7 Å². The maximum Gasteiger partial charge on any atom is 0.272 e. The molecule has 1 aromatic heterocycles. The number of para-hydroxylation sites is 1. The standard InChI is InChI=1S/C24H25N3O4/c1-15(28)25-22-17-6-2-3-7-18(17)26-23(22)24(29)27-11-4-8-19(27)16-9-10-20-21(14-16)31-13-5-12-30-20/h2-3,6-7,9-10,14,19,26H,4-5,8,11-13H2,1H3,(H,25,28)/t19-/m1/s1. The molecular formula is C24H25N3O4. The Bertz CT molecular complexity index is 1150. The van der Waals surface area contributed by atoms with Crippen molar-refractivity contribution in [3.63, 3.8) is 0 Å². The molecule has 3 heterocycles. The molecule has 160 valence electrons. The van der Waals surface area contributed by atoms with Crippen molar-refractivity contribution in [3.05, 3.63) is 53.7 Å². The Hall–Kier alpha value is -3.48. The number of ether oxygens (including phenoxy) is 2. The lowest BCUT2D eigenvalue weighted by Gasteiger charge is -2.26. The van der Waals surface area contributed by atoms with Crippen molar-refractivity contribution >= 4 is 28.4 Å². The molecule has 2 amide bonds. The molecule has 1 saturated heterocycles. The number of hydrogen-bond donors (Lipinski definition) is 2. The van der Waals surface area contributed by atoms with Crippen LogP contribution >= 0.6 is 0 Å². The highest BCUT2D eigenvalue weighted by Gasteiger charge is 2.33. The molecule has 0 radical (unpaired) electrons. The van der Waals surface area contributed by atoms with Gasteiger partial charge in [0.1, 0.15) is 5.69 Å². The van der Waals surface area contributed by atoms with Gasteiger partial charge in [-0.05, 0) is 36.6 Å². The molecule has 0 aliphatic carbocycles. The second-order valence-corrected chi connectivity index (χ2v) is 8.01. The summed E-state index contributed by atoms with van der Waals surface area (Å²) in [7, 11) is 0. The van der Waals surface area contributed by atoms with E-state index < -0.39 is 0 Å². The molecule has 1 atom stereocenters. The van der Waals surface area contributed by atoms with Gasteiger partial charge in [0.05, 0.1) is 24.9 Å². The lowest BCUT2D eigenvalue weighted by molar-refractivity contribution is -0.114. The van der Waals surface area contributed by atoms with Gasteiger partial charge in [-0.3, -0.25) is 9.59 Å². The van der Waals surface area contributed by atoms with Crippen molar-refractivity contribution in [1.82, 2.24) is 9.88 Å². The number of nitrogens with zero attached hydrogens (tertiary/aromatic N) is 1. The SMILES string of the molecule is CC(=O)Nc1c(C(=O)N2CCC[C@@H]2c2ccc3c(c2)OCCCO3)[nH]c2ccccc12. The number of aromatic nitrogens is 1. The normalized spacial score (nSPS) is 18.1. The summed E-state index contributed by atoms with van der Waals surface area (Å²) in [5.74, 6) is 1.16. The molecule has 7 heteroatoms. The molecular weight excluding hydrogens is 394 g/mol. The first-order valence-corrected chi connectivity index (χ1v) is 10.7. The first-order valence-electron chi connectivity index (χ1n) is 10.7. The van der Waals surface area contributed by atoms with E-state index in [1.54, 1.807) is 0 Å². The number of nitrogens with one attached hydrogen (secondary N) is 2. The number of H-pyrrole nitrogens is 1. The lowest BCUT2D eigenvalue weighted by atomic mass is 10.0. The Morgan fingerprint density at radius 2 is 1.87 bits per heavy atom. The third-order valence-corrected chi connectivity index (χ3v) is 5.89. The minimum atomic E-state index is -0.209. The maximum atomic E-state index is 13.6. The van der Waals surface area contributed by atoms with Crippen LogP contribution in [-0.4, -0.2) is 41.5 Å². The van der Waals surface area contributed by atoms with E-state index in [4.69, 9.17) is 9.47 Å². The first kappa shape index (κ1) is 19.5. The Labute approximate surface area is 180 Å². The summed E-state index contributed by atoms with van der Waals surface area (Å²) in [6, 6.07) is 13.5. The predicted molar refractivity (Wildman–Crippen MR) is 118 cm³/mol. The van der Waals surface area contributed by atoms with Crippen LogP contribution in [0.3, 0.4) is 0 Å². The van der Waals surface area contributed by atoms with E-state index in [1.807, 2.05) is 47.4 Å². The molecule has 31 heavy (non-hydrogen) atoms. The van der Waals surface area contributed by atoms with Crippen LogP contribution in [0.15, 0.2) is 42.5 Å². The van der Waals surface area contributed by atoms with E-state index in [9.17, 15) is 9.59 Å². The van der Waals surface area contributed by atoms with Gasteiger partial charge >= 0.3 is 0 Å². The summed E-state index contributed by atoms with van der Waals surface area (Å²) < 4.78 is 11.6. The third kappa shape index (κ3) is 3.60. The lowest BCUT2D eigenvalue weighted by Crippen LogP contribution is -2.31. The average molecular weight is 419 g/mol. The van der Waals surface area contributed by atoms with Crippen molar-refractivity contribution < 1.29 is 19.1 Å². The molecule has 0 spiro atoms. The van der Waals surface area contributed by atoms with Crippen molar-refractivity contribution in [3.8, 4) is 11.5 Å². The molecule has 0 unspecified atom stereocenters. The number of hydrogen-bond acceptors (Lipinski definition) is 4. The van der Waals surface area contributed by atoms with Gasteiger partial charge in [-0.15, -0.1) is 0 Å². The summed E-state index contributed by atoms with van der Waals surface area (Å²) in [6.45, 7) is 3.38. The van der Waals surface area contributed by atoms with Crippen molar-refractivity contribution in [2.75, 3.05) is 25.1 Å². The molecule has 0 saturated carbocycles. The Balaban J connectivity index is 1.50. The summed E-state index contributed by atoms with van der Waals surface area (Å²) in [5, 5.41) is 3.68. The Morgan fingerprint density at radius 1 is 1.06 bits per heavy atom. The number of amides is 2. The fourth-order valence-corrected chi connectivity index (χ4v) is 4.50. The number of benzene rings is 2. The molecule has 0 bridgehead atoms. The van der Waals surface area contributed by atoms with E-state index in [2.05, 4.69) is 10.3 Å². The van der Waals surface area contributed by atoms with Gasteiger partial charge in [0.25, 0.3) is 5.91 Å². The average Bonchev–Trinajstić information content (AvgIpc) is 3.32. The molecule has 2 aliphatic rings. The van der Waals surface area contributed by atoms with Gasteiger partial charge in [0.15, 0.2) is 11.5 Å². The number of aromatic amines is 1. The third-order valence-electron chi connectivity index (χ3n) is 5.89. The van der Waals surface area contributed by atoms with Gasteiger partial charge in [0, 0.05) is 30.8 Å². The summed E-state index contributed by atoms with van der Waals surface area (Å²) >= 11 is 0. The monoisotopic (exact) mass is 419 g/mol. The molecule has 2 aromatic carbocycles. The van der Waals surface area contributed by atoms with Crippen LogP contribution in [0, 0.1) is 0 Å². The highest BCUT2D eigenvalue weighted by molar-refractivity contribution is 6.12.